The lowest BCUT2D eigenvalue weighted by molar-refractivity contribution is -0.121. The van der Waals surface area contributed by atoms with Gasteiger partial charge in [0.15, 0.2) is 0 Å². The maximum absolute atomic E-state index is 13.3. The topological polar surface area (TPSA) is 55.1 Å². The van der Waals surface area contributed by atoms with Gasteiger partial charge in [0.25, 0.3) is 0 Å². The zero-order chi connectivity index (χ0) is 13.1. The van der Waals surface area contributed by atoms with Crippen LogP contribution >= 0.6 is 0 Å². The molecule has 0 aliphatic carbocycles. The summed E-state index contributed by atoms with van der Waals surface area (Å²) in [5.74, 6) is -0.607. The van der Waals surface area contributed by atoms with Crippen LogP contribution in [0.3, 0.4) is 0 Å². The summed E-state index contributed by atoms with van der Waals surface area (Å²) in [4.78, 5) is 11.9. The molecular formula is C13H19FN2O. The maximum Gasteiger partial charge on any atom is 0.244 e. The number of benzene rings is 1. The third-order valence-electron chi connectivity index (χ3n) is 3.14. The zero-order valence-electron chi connectivity index (χ0n) is 10.5. The van der Waals surface area contributed by atoms with E-state index in [1.54, 1.807) is 19.1 Å². The maximum atomic E-state index is 13.3. The lowest BCUT2D eigenvalue weighted by Crippen LogP contribution is -2.50. The van der Waals surface area contributed by atoms with Crippen molar-refractivity contribution < 1.29 is 9.18 Å². The normalized spacial score (nSPS) is 11.4. The SMILES string of the molecule is CCC(N)(CC)C(=O)Nc1ccc(C)c(F)c1. The van der Waals surface area contributed by atoms with Gasteiger partial charge in [0, 0.05) is 5.69 Å². The van der Waals surface area contributed by atoms with Crippen LogP contribution < -0.4 is 11.1 Å². The Morgan fingerprint density at radius 2 is 2.00 bits per heavy atom. The van der Waals surface area contributed by atoms with Crippen LogP contribution in [0.4, 0.5) is 10.1 Å². The minimum atomic E-state index is -0.888. The number of carbonyl (C=O) groups excluding carboxylic acids is 1. The molecule has 0 unspecified atom stereocenters. The molecule has 3 nitrogen and oxygen atoms in total. The molecule has 0 atom stereocenters. The Morgan fingerprint density at radius 3 is 2.47 bits per heavy atom. The average molecular weight is 238 g/mol. The van der Waals surface area contributed by atoms with Gasteiger partial charge in [0.2, 0.25) is 5.91 Å². The van der Waals surface area contributed by atoms with Crippen LogP contribution in [0.2, 0.25) is 0 Å². The van der Waals surface area contributed by atoms with Crippen LogP contribution in [0.15, 0.2) is 18.2 Å². The van der Waals surface area contributed by atoms with Gasteiger partial charge in [-0.3, -0.25) is 4.79 Å². The Labute approximate surface area is 101 Å². The van der Waals surface area contributed by atoms with Crippen molar-refractivity contribution in [1.29, 1.82) is 0 Å². The summed E-state index contributed by atoms with van der Waals surface area (Å²) in [6, 6.07) is 4.60. The number of hydrogen-bond acceptors (Lipinski definition) is 2. The largest absolute Gasteiger partial charge is 0.324 e. The fourth-order valence-electron chi connectivity index (χ4n) is 1.50. The standard InChI is InChI=1S/C13H19FN2O/c1-4-13(15,5-2)12(17)16-10-7-6-9(3)11(14)8-10/h6-8H,4-5,15H2,1-3H3,(H,16,17). The molecule has 0 aromatic heterocycles. The Morgan fingerprint density at radius 1 is 1.41 bits per heavy atom. The molecule has 0 spiro atoms. The highest BCUT2D eigenvalue weighted by Gasteiger charge is 2.29. The number of rotatable bonds is 4. The van der Waals surface area contributed by atoms with Gasteiger partial charge in [0.1, 0.15) is 5.82 Å². The first kappa shape index (κ1) is 13.6. The minimum Gasteiger partial charge on any atom is -0.324 e. The summed E-state index contributed by atoms with van der Waals surface area (Å²) in [7, 11) is 0. The highest BCUT2D eigenvalue weighted by molar-refractivity contribution is 5.97. The van der Waals surface area contributed by atoms with Gasteiger partial charge in [0.05, 0.1) is 5.54 Å². The fourth-order valence-corrected chi connectivity index (χ4v) is 1.50. The first-order valence-electron chi connectivity index (χ1n) is 5.79. The average Bonchev–Trinajstić information content (AvgIpc) is 2.32. The van der Waals surface area contributed by atoms with Gasteiger partial charge < -0.3 is 11.1 Å². The van der Waals surface area contributed by atoms with Crippen LogP contribution in [-0.4, -0.2) is 11.4 Å². The fraction of sp³-hybridized carbons (Fsp3) is 0.462. The monoisotopic (exact) mass is 238 g/mol. The van der Waals surface area contributed by atoms with E-state index in [4.69, 9.17) is 5.73 Å². The molecule has 0 saturated heterocycles. The molecule has 4 heteroatoms. The Hall–Kier alpha value is -1.42. The molecule has 1 aromatic carbocycles. The molecule has 1 amide bonds. The van der Waals surface area contributed by atoms with E-state index in [-0.39, 0.29) is 11.7 Å². The minimum absolute atomic E-state index is 0.272. The van der Waals surface area contributed by atoms with Crippen molar-refractivity contribution >= 4 is 11.6 Å². The summed E-state index contributed by atoms with van der Waals surface area (Å²) in [5.41, 5.74) is 6.05. The van der Waals surface area contributed by atoms with Gasteiger partial charge in [-0.1, -0.05) is 19.9 Å². The van der Waals surface area contributed by atoms with E-state index < -0.39 is 5.54 Å². The first-order chi connectivity index (χ1) is 7.92. The second-order valence-electron chi connectivity index (χ2n) is 4.28. The van der Waals surface area contributed by atoms with Crippen LogP contribution in [0.25, 0.3) is 0 Å². The van der Waals surface area contributed by atoms with E-state index in [1.807, 2.05) is 13.8 Å². The molecule has 0 bridgehead atoms. The van der Waals surface area contributed by atoms with Crippen LogP contribution in [0.5, 0.6) is 0 Å². The van der Waals surface area contributed by atoms with Crippen molar-refractivity contribution in [2.75, 3.05) is 5.32 Å². The third kappa shape index (κ3) is 3.03. The number of nitrogens with two attached hydrogens (primary N) is 1. The van der Waals surface area contributed by atoms with Gasteiger partial charge in [-0.05, 0) is 37.5 Å². The summed E-state index contributed by atoms with van der Waals surface area (Å²) < 4.78 is 13.3. The smallest absolute Gasteiger partial charge is 0.244 e. The van der Waals surface area contributed by atoms with E-state index in [9.17, 15) is 9.18 Å². The molecule has 94 valence electrons. The van der Waals surface area contributed by atoms with E-state index in [0.717, 1.165) is 0 Å². The van der Waals surface area contributed by atoms with Gasteiger partial charge in [-0.15, -0.1) is 0 Å². The highest BCUT2D eigenvalue weighted by Crippen LogP contribution is 2.17. The second-order valence-corrected chi connectivity index (χ2v) is 4.28. The van der Waals surface area contributed by atoms with Crippen molar-refractivity contribution in [1.82, 2.24) is 0 Å². The molecule has 0 aliphatic heterocycles. The molecule has 1 aromatic rings. The van der Waals surface area contributed by atoms with E-state index >= 15 is 0 Å². The van der Waals surface area contributed by atoms with E-state index in [2.05, 4.69) is 5.32 Å². The number of aryl methyl sites for hydroxylation is 1. The van der Waals surface area contributed by atoms with Crippen LogP contribution in [-0.2, 0) is 4.79 Å². The molecule has 0 aliphatic rings. The van der Waals surface area contributed by atoms with Crippen molar-refractivity contribution in [3.05, 3.63) is 29.6 Å². The number of amides is 1. The molecule has 1 rings (SSSR count). The number of carbonyl (C=O) groups is 1. The lowest BCUT2D eigenvalue weighted by atomic mass is 9.93. The summed E-state index contributed by atoms with van der Waals surface area (Å²) >= 11 is 0. The molecular weight excluding hydrogens is 219 g/mol. The molecule has 3 N–H and O–H groups in total. The second kappa shape index (κ2) is 5.27. The van der Waals surface area contributed by atoms with Gasteiger partial charge >= 0.3 is 0 Å². The Bertz CT molecular complexity index is 414. The summed E-state index contributed by atoms with van der Waals surface area (Å²) in [5, 5.41) is 2.65. The summed E-state index contributed by atoms with van der Waals surface area (Å²) in [6.07, 6.45) is 1.09. The molecule has 0 fully saturated rings. The molecule has 17 heavy (non-hydrogen) atoms. The molecule has 0 radical (unpaired) electrons. The first-order valence-corrected chi connectivity index (χ1v) is 5.79. The van der Waals surface area contributed by atoms with Crippen molar-refractivity contribution in [2.45, 2.75) is 39.2 Å². The predicted molar refractivity (Wildman–Crippen MR) is 67.3 cm³/mol. The number of halogens is 1. The van der Waals surface area contributed by atoms with Crippen molar-refractivity contribution in [3.8, 4) is 0 Å². The number of anilines is 1. The molecule has 0 heterocycles. The Kier molecular flexibility index (Phi) is 4.23. The predicted octanol–water partition coefficient (Wildman–Crippen LogP) is 2.59. The quantitative estimate of drug-likeness (QED) is 0.847. The van der Waals surface area contributed by atoms with Crippen molar-refractivity contribution in [2.24, 2.45) is 5.73 Å². The van der Waals surface area contributed by atoms with Crippen LogP contribution in [0.1, 0.15) is 32.3 Å². The van der Waals surface area contributed by atoms with Gasteiger partial charge in [-0.2, -0.15) is 0 Å². The lowest BCUT2D eigenvalue weighted by Gasteiger charge is -2.25. The van der Waals surface area contributed by atoms with Crippen LogP contribution in [0, 0.1) is 12.7 Å². The number of nitrogens with one attached hydrogen (secondary N) is 1. The molecule has 0 saturated carbocycles. The van der Waals surface area contributed by atoms with Crippen molar-refractivity contribution in [3.63, 3.8) is 0 Å². The third-order valence-corrected chi connectivity index (χ3v) is 3.14. The Balaban J connectivity index is 2.84. The highest BCUT2D eigenvalue weighted by atomic mass is 19.1. The van der Waals surface area contributed by atoms with E-state index in [0.29, 0.717) is 24.1 Å². The summed E-state index contributed by atoms with van der Waals surface area (Å²) in [6.45, 7) is 5.39. The van der Waals surface area contributed by atoms with Gasteiger partial charge in [-0.25, -0.2) is 4.39 Å². The van der Waals surface area contributed by atoms with E-state index in [1.165, 1.54) is 6.07 Å². The zero-order valence-corrected chi connectivity index (χ0v) is 10.5. The number of hydrogen-bond donors (Lipinski definition) is 2.